The van der Waals surface area contributed by atoms with Crippen LogP contribution in [0.25, 0.3) is 11.0 Å². The number of fused-ring (bicyclic) bond motifs is 1. The molecule has 0 atom stereocenters. The van der Waals surface area contributed by atoms with Gasteiger partial charge >= 0.3 is 5.97 Å². The van der Waals surface area contributed by atoms with Crippen molar-refractivity contribution in [3.63, 3.8) is 0 Å². The van der Waals surface area contributed by atoms with E-state index in [2.05, 4.69) is 62.4 Å². The Balaban J connectivity index is 1.64. The van der Waals surface area contributed by atoms with Gasteiger partial charge in [-0.2, -0.15) is 0 Å². The first-order chi connectivity index (χ1) is 14.5. The summed E-state index contributed by atoms with van der Waals surface area (Å²) in [5.74, 6) is -0.355. The summed E-state index contributed by atoms with van der Waals surface area (Å²) in [6, 6.07) is 25.8. The van der Waals surface area contributed by atoms with E-state index in [9.17, 15) is 4.79 Å². The lowest BCUT2D eigenvalue weighted by Crippen LogP contribution is -2.21. The number of esters is 1. The maximum atomic E-state index is 12.2. The van der Waals surface area contributed by atoms with Crippen molar-refractivity contribution in [2.75, 3.05) is 0 Å². The summed E-state index contributed by atoms with van der Waals surface area (Å²) in [5, 5.41) is 0. The maximum Gasteiger partial charge on any atom is 0.342 e. The SMILES string of the molecule is CC1(C)CC=C(Sc2ccccc2)c2c(C=COC(=O)c3ccccc3)cccc21. The minimum absolute atomic E-state index is 0.0562. The Morgan fingerprint density at radius 1 is 0.933 bits per heavy atom. The first kappa shape index (κ1) is 20.2. The third-order valence-electron chi connectivity index (χ3n) is 5.27. The lowest BCUT2D eigenvalue weighted by Gasteiger charge is -2.33. The number of benzene rings is 3. The van der Waals surface area contributed by atoms with Gasteiger partial charge in [-0.3, -0.25) is 0 Å². The quantitative estimate of drug-likeness (QED) is 0.324. The van der Waals surface area contributed by atoms with Crippen LogP contribution in [0, 0.1) is 0 Å². The Hall–Kier alpha value is -3.04. The highest BCUT2D eigenvalue weighted by molar-refractivity contribution is 8.08. The minimum Gasteiger partial charge on any atom is -0.431 e. The number of ether oxygens (including phenoxy) is 1. The Morgan fingerprint density at radius 2 is 1.63 bits per heavy atom. The molecular weight excluding hydrogens is 388 g/mol. The molecule has 3 aromatic carbocycles. The summed E-state index contributed by atoms with van der Waals surface area (Å²) in [6.45, 7) is 4.55. The lowest BCUT2D eigenvalue weighted by atomic mass is 9.74. The molecule has 0 fully saturated rings. The molecule has 0 heterocycles. The molecule has 1 aliphatic carbocycles. The number of rotatable bonds is 5. The van der Waals surface area contributed by atoms with Gasteiger partial charge in [0, 0.05) is 9.80 Å². The van der Waals surface area contributed by atoms with Gasteiger partial charge in [-0.1, -0.05) is 86.3 Å². The van der Waals surface area contributed by atoms with Crippen LogP contribution in [0.4, 0.5) is 0 Å². The van der Waals surface area contributed by atoms with Gasteiger partial charge in [0.05, 0.1) is 11.8 Å². The molecule has 0 amide bonds. The Bertz CT molecular complexity index is 1100. The Kier molecular flexibility index (Phi) is 5.91. The molecule has 150 valence electrons. The molecule has 4 rings (SSSR count). The Morgan fingerprint density at radius 3 is 2.37 bits per heavy atom. The molecule has 3 aromatic rings. The van der Waals surface area contributed by atoms with E-state index in [1.807, 2.05) is 30.3 Å². The third kappa shape index (κ3) is 4.42. The topological polar surface area (TPSA) is 26.3 Å². The van der Waals surface area contributed by atoms with Crippen molar-refractivity contribution in [1.82, 2.24) is 0 Å². The van der Waals surface area contributed by atoms with E-state index in [-0.39, 0.29) is 11.4 Å². The van der Waals surface area contributed by atoms with Crippen LogP contribution >= 0.6 is 11.8 Å². The van der Waals surface area contributed by atoms with Gasteiger partial charge in [0.15, 0.2) is 0 Å². The molecule has 3 heteroatoms. The fourth-order valence-electron chi connectivity index (χ4n) is 3.63. The summed E-state index contributed by atoms with van der Waals surface area (Å²) in [7, 11) is 0. The highest BCUT2D eigenvalue weighted by Gasteiger charge is 2.29. The van der Waals surface area contributed by atoms with Gasteiger partial charge in [-0.25, -0.2) is 4.79 Å². The second-order valence-corrected chi connectivity index (χ2v) is 9.03. The second-order valence-electron chi connectivity index (χ2n) is 7.92. The molecule has 0 radical (unpaired) electrons. The molecule has 0 unspecified atom stereocenters. The number of allylic oxidation sites excluding steroid dienone is 1. The first-order valence-corrected chi connectivity index (χ1v) is 10.9. The van der Waals surface area contributed by atoms with Crippen LogP contribution in [0.15, 0.2) is 96.1 Å². The monoisotopic (exact) mass is 412 g/mol. The molecule has 0 aromatic heterocycles. The normalized spacial score (nSPS) is 14.8. The zero-order chi connectivity index (χ0) is 21.0. The minimum atomic E-state index is -0.355. The second kappa shape index (κ2) is 8.76. The van der Waals surface area contributed by atoms with Crippen molar-refractivity contribution in [3.8, 4) is 0 Å². The molecule has 0 saturated heterocycles. The maximum absolute atomic E-state index is 12.2. The summed E-state index contributed by atoms with van der Waals surface area (Å²) in [5.41, 5.74) is 4.18. The third-order valence-corrected chi connectivity index (χ3v) is 6.37. The average molecular weight is 413 g/mol. The fourth-order valence-corrected chi connectivity index (χ4v) is 4.67. The van der Waals surface area contributed by atoms with Gasteiger partial charge in [-0.15, -0.1) is 0 Å². The van der Waals surface area contributed by atoms with Crippen LogP contribution in [0.2, 0.25) is 0 Å². The predicted molar refractivity (Wildman–Crippen MR) is 125 cm³/mol. The average Bonchev–Trinajstić information content (AvgIpc) is 2.77. The molecule has 2 nitrogen and oxygen atoms in total. The fraction of sp³-hybridized carbons (Fsp3) is 0.148. The van der Waals surface area contributed by atoms with E-state index in [0.717, 1.165) is 12.0 Å². The van der Waals surface area contributed by atoms with E-state index >= 15 is 0 Å². The van der Waals surface area contributed by atoms with Crippen LogP contribution in [0.1, 0.15) is 47.3 Å². The predicted octanol–water partition coefficient (Wildman–Crippen LogP) is 7.33. The van der Waals surface area contributed by atoms with Crippen molar-refractivity contribution >= 4 is 28.7 Å². The largest absolute Gasteiger partial charge is 0.431 e. The highest BCUT2D eigenvalue weighted by Crippen LogP contribution is 2.46. The van der Waals surface area contributed by atoms with Gasteiger partial charge in [0.25, 0.3) is 0 Å². The molecule has 0 spiro atoms. The zero-order valence-electron chi connectivity index (χ0n) is 17.2. The summed E-state index contributed by atoms with van der Waals surface area (Å²) in [6.07, 6.45) is 6.70. The lowest BCUT2D eigenvalue weighted by molar-refractivity contribution is 0.0665. The van der Waals surface area contributed by atoms with E-state index in [0.29, 0.717) is 5.56 Å². The van der Waals surface area contributed by atoms with Crippen LogP contribution in [0.5, 0.6) is 0 Å². The van der Waals surface area contributed by atoms with Crippen molar-refractivity contribution in [2.24, 2.45) is 0 Å². The van der Waals surface area contributed by atoms with Crippen molar-refractivity contribution in [3.05, 3.63) is 113 Å². The Labute approximate surface area is 182 Å². The summed E-state index contributed by atoms with van der Waals surface area (Å²) < 4.78 is 5.38. The molecule has 30 heavy (non-hydrogen) atoms. The van der Waals surface area contributed by atoms with Gasteiger partial charge in [0.2, 0.25) is 0 Å². The number of hydrogen-bond acceptors (Lipinski definition) is 3. The summed E-state index contributed by atoms with van der Waals surface area (Å²) in [4.78, 5) is 14.7. The molecular formula is C27H24O2S. The van der Waals surface area contributed by atoms with Crippen LogP contribution in [-0.2, 0) is 10.2 Å². The van der Waals surface area contributed by atoms with Crippen LogP contribution in [0.3, 0.4) is 0 Å². The number of hydrogen-bond donors (Lipinski definition) is 0. The van der Waals surface area contributed by atoms with E-state index in [1.54, 1.807) is 23.9 Å². The number of thioether (sulfide) groups is 1. The van der Waals surface area contributed by atoms with E-state index in [1.165, 1.54) is 27.2 Å². The first-order valence-electron chi connectivity index (χ1n) is 10.0. The standard InChI is InChI=1S/C27H24O2S/c1-27(2)18-16-24(30-22-13-7-4-8-14-22)25-20(12-9-15-23(25)27)17-19-29-26(28)21-10-5-3-6-11-21/h3-17,19H,18H2,1-2H3. The van der Waals surface area contributed by atoms with E-state index < -0.39 is 0 Å². The zero-order valence-corrected chi connectivity index (χ0v) is 18.0. The molecule has 1 aliphatic rings. The van der Waals surface area contributed by atoms with Crippen LogP contribution in [-0.4, -0.2) is 5.97 Å². The van der Waals surface area contributed by atoms with Crippen molar-refractivity contribution in [1.29, 1.82) is 0 Å². The molecule has 0 bridgehead atoms. The van der Waals surface area contributed by atoms with Gasteiger partial charge in [0.1, 0.15) is 0 Å². The van der Waals surface area contributed by atoms with Gasteiger partial charge < -0.3 is 4.74 Å². The van der Waals surface area contributed by atoms with Crippen molar-refractivity contribution in [2.45, 2.75) is 30.6 Å². The molecule has 0 aliphatic heterocycles. The summed E-state index contributed by atoms with van der Waals surface area (Å²) >= 11 is 1.78. The molecule has 0 saturated carbocycles. The number of carbonyl (C=O) groups is 1. The van der Waals surface area contributed by atoms with Gasteiger partial charge in [-0.05, 0) is 58.9 Å². The van der Waals surface area contributed by atoms with Crippen molar-refractivity contribution < 1.29 is 9.53 Å². The number of carbonyl (C=O) groups excluding carboxylic acids is 1. The van der Waals surface area contributed by atoms with E-state index in [4.69, 9.17) is 4.74 Å². The smallest absolute Gasteiger partial charge is 0.342 e. The van der Waals surface area contributed by atoms with Crippen LogP contribution < -0.4 is 0 Å². The highest BCUT2D eigenvalue weighted by atomic mass is 32.2. The molecule has 0 N–H and O–H groups in total.